The molecule has 0 saturated carbocycles. The van der Waals surface area contributed by atoms with Gasteiger partial charge in [-0.15, -0.1) is 11.8 Å². The van der Waals surface area contributed by atoms with Gasteiger partial charge in [-0.25, -0.2) is 0 Å². The zero-order valence-electron chi connectivity index (χ0n) is 9.61. The molecule has 0 radical (unpaired) electrons. The maximum absolute atomic E-state index is 12.2. The molecule has 2 aromatic carbocycles. The van der Waals surface area contributed by atoms with E-state index in [-0.39, 0.29) is 5.78 Å². The van der Waals surface area contributed by atoms with E-state index in [0.717, 1.165) is 4.90 Å². The molecule has 0 heterocycles. The normalized spacial score (nSPS) is 10.4. The van der Waals surface area contributed by atoms with Crippen molar-refractivity contribution in [1.82, 2.24) is 0 Å². The van der Waals surface area contributed by atoms with Gasteiger partial charge in [0.2, 0.25) is 0 Å². The van der Waals surface area contributed by atoms with Crippen LogP contribution in [0, 0.1) is 0 Å². The lowest BCUT2D eigenvalue weighted by Crippen LogP contribution is -2.01. The summed E-state index contributed by atoms with van der Waals surface area (Å²) in [6, 6.07) is 12.4. The Bertz CT molecular complexity index is 559. The van der Waals surface area contributed by atoms with Gasteiger partial charge in [0.15, 0.2) is 5.78 Å². The molecule has 0 spiro atoms. The van der Waals surface area contributed by atoms with E-state index in [1.165, 1.54) is 11.8 Å². The van der Waals surface area contributed by atoms with Crippen LogP contribution in [0.2, 0.25) is 10.0 Å². The van der Waals surface area contributed by atoms with Crippen molar-refractivity contribution < 1.29 is 4.79 Å². The van der Waals surface area contributed by atoms with Crippen LogP contribution in [0.15, 0.2) is 47.4 Å². The quantitative estimate of drug-likeness (QED) is 0.589. The Morgan fingerprint density at radius 1 is 1.00 bits per heavy atom. The van der Waals surface area contributed by atoms with Crippen LogP contribution in [0.5, 0.6) is 0 Å². The fraction of sp³-hybridized carbons (Fsp3) is 0.0714. The Hall–Kier alpha value is -0.960. The average Bonchev–Trinajstić information content (AvgIpc) is 2.38. The van der Waals surface area contributed by atoms with Crippen LogP contribution in [-0.2, 0) is 0 Å². The van der Waals surface area contributed by atoms with Crippen molar-refractivity contribution in [2.45, 2.75) is 4.90 Å². The van der Waals surface area contributed by atoms with Crippen molar-refractivity contribution in [1.29, 1.82) is 0 Å². The molecule has 0 saturated heterocycles. The van der Waals surface area contributed by atoms with Crippen LogP contribution in [0.3, 0.4) is 0 Å². The van der Waals surface area contributed by atoms with E-state index >= 15 is 0 Å². The van der Waals surface area contributed by atoms with Crippen LogP contribution < -0.4 is 0 Å². The smallest absolute Gasteiger partial charge is 0.193 e. The van der Waals surface area contributed by atoms with E-state index in [1.54, 1.807) is 24.3 Å². The molecule has 1 nitrogen and oxygen atoms in total. The molecule has 0 fully saturated rings. The van der Waals surface area contributed by atoms with E-state index in [9.17, 15) is 4.79 Å². The molecule has 0 unspecified atom stereocenters. The summed E-state index contributed by atoms with van der Waals surface area (Å²) in [5, 5.41) is 1.02. The van der Waals surface area contributed by atoms with Crippen LogP contribution in [0.4, 0.5) is 0 Å². The molecule has 0 aliphatic carbocycles. The molecule has 2 aromatic rings. The maximum Gasteiger partial charge on any atom is 0.193 e. The van der Waals surface area contributed by atoms with E-state index in [2.05, 4.69) is 0 Å². The van der Waals surface area contributed by atoms with Gasteiger partial charge in [0.05, 0.1) is 10.0 Å². The monoisotopic (exact) mass is 296 g/mol. The number of carbonyl (C=O) groups excluding carboxylic acids is 1. The highest BCUT2D eigenvalue weighted by atomic mass is 35.5. The van der Waals surface area contributed by atoms with Crippen molar-refractivity contribution in [3.8, 4) is 0 Å². The summed E-state index contributed by atoms with van der Waals surface area (Å²) in [5.41, 5.74) is 1.13. The third kappa shape index (κ3) is 2.72. The molecule has 0 aliphatic rings. The SMILES string of the molecule is CSc1c(Cl)cc(C(=O)c2ccccc2)cc1Cl. The molecular formula is C14H10Cl2OS. The van der Waals surface area contributed by atoms with E-state index in [0.29, 0.717) is 21.2 Å². The first-order valence-corrected chi connectivity index (χ1v) is 7.24. The van der Waals surface area contributed by atoms with Crippen molar-refractivity contribution >= 4 is 40.7 Å². The minimum atomic E-state index is -0.0768. The van der Waals surface area contributed by atoms with E-state index < -0.39 is 0 Å². The molecule has 0 aliphatic heterocycles. The summed E-state index contributed by atoms with van der Waals surface area (Å²) < 4.78 is 0. The van der Waals surface area contributed by atoms with Crippen molar-refractivity contribution in [2.24, 2.45) is 0 Å². The van der Waals surface area contributed by atoms with Gasteiger partial charge < -0.3 is 0 Å². The Labute approximate surface area is 120 Å². The molecule has 0 bridgehead atoms. The number of halogens is 2. The highest BCUT2D eigenvalue weighted by Gasteiger charge is 2.13. The highest BCUT2D eigenvalue weighted by molar-refractivity contribution is 7.98. The number of benzene rings is 2. The predicted molar refractivity (Wildman–Crippen MR) is 78.1 cm³/mol. The minimum absolute atomic E-state index is 0.0768. The van der Waals surface area contributed by atoms with Gasteiger partial charge in [-0.1, -0.05) is 53.5 Å². The van der Waals surface area contributed by atoms with E-state index in [1.807, 2.05) is 24.5 Å². The van der Waals surface area contributed by atoms with Gasteiger partial charge in [0, 0.05) is 16.0 Å². The van der Waals surface area contributed by atoms with Crippen LogP contribution >= 0.6 is 35.0 Å². The lowest BCUT2D eigenvalue weighted by molar-refractivity contribution is 0.103. The van der Waals surface area contributed by atoms with Crippen molar-refractivity contribution in [2.75, 3.05) is 6.26 Å². The van der Waals surface area contributed by atoms with Gasteiger partial charge in [-0.3, -0.25) is 4.79 Å². The van der Waals surface area contributed by atoms with Gasteiger partial charge >= 0.3 is 0 Å². The largest absolute Gasteiger partial charge is 0.289 e. The molecule has 0 aromatic heterocycles. The third-order valence-electron chi connectivity index (χ3n) is 2.50. The van der Waals surface area contributed by atoms with E-state index in [4.69, 9.17) is 23.2 Å². The first-order chi connectivity index (χ1) is 8.63. The van der Waals surface area contributed by atoms with Gasteiger partial charge in [-0.2, -0.15) is 0 Å². The molecular weight excluding hydrogens is 287 g/mol. The lowest BCUT2D eigenvalue weighted by Gasteiger charge is -2.07. The highest BCUT2D eigenvalue weighted by Crippen LogP contribution is 2.34. The number of carbonyl (C=O) groups is 1. The third-order valence-corrected chi connectivity index (χ3v) is 4.17. The number of thioether (sulfide) groups is 1. The fourth-order valence-corrected chi connectivity index (χ4v) is 3.10. The van der Waals surface area contributed by atoms with Gasteiger partial charge in [-0.05, 0) is 18.4 Å². The lowest BCUT2D eigenvalue weighted by atomic mass is 10.0. The van der Waals surface area contributed by atoms with Crippen LogP contribution in [0.25, 0.3) is 0 Å². The van der Waals surface area contributed by atoms with Crippen LogP contribution in [-0.4, -0.2) is 12.0 Å². The maximum atomic E-state index is 12.2. The second kappa shape index (κ2) is 5.79. The molecule has 0 atom stereocenters. The molecule has 0 amide bonds. The predicted octanol–water partition coefficient (Wildman–Crippen LogP) is 4.95. The van der Waals surface area contributed by atoms with Gasteiger partial charge in [0.1, 0.15) is 0 Å². The topological polar surface area (TPSA) is 17.1 Å². The number of rotatable bonds is 3. The zero-order valence-corrected chi connectivity index (χ0v) is 11.9. The summed E-state index contributed by atoms with van der Waals surface area (Å²) in [5.74, 6) is -0.0768. The minimum Gasteiger partial charge on any atom is -0.289 e. The standard InChI is InChI=1S/C14H10Cl2OS/c1-18-14-11(15)7-10(8-12(14)16)13(17)9-5-3-2-4-6-9/h2-8H,1H3. The molecule has 0 N–H and O–H groups in total. The fourth-order valence-electron chi connectivity index (χ4n) is 1.64. The Balaban J connectivity index is 2.44. The van der Waals surface area contributed by atoms with Crippen molar-refractivity contribution in [3.63, 3.8) is 0 Å². The second-order valence-electron chi connectivity index (χ2n) is 3.67. The Kier molecular flexibility index (Phi) is 4.33. The number of ketones is 1. The summed E-state index contributed by atoms with van der Waals surface area (Å²) in [6.45, 7) is 0. The Morgan fingerprint density at radius 2 is 1.56 bits per heavy atom. The molecule has 18 heavy (non-hydrogen) atoms. The molecule has 4 heteroatoms. The van der Waals surface area contributed by atoms with Crippen molar-refractivity contribution in [3.05, 3.63) is 63.6 Å². The summed E-state index contributed by atoms with van der Waals surface area (Å²) >= 11 is 13.7. The summed E-state index contributed by atoms with van der Waals surface area (Å²) in [7, 11) is 0. The van der Waals surface area contributed by atoms with Gasteiger partial charge in [0.25, 0.3) is 0 Å². The molecule has 2 rings (SSSR count). The zero-order chi connectivity index (χ0) is 13.1. The summed E-state index contributed by atoms with van der Waals surface area (Å²) in [4.78, 5) is 13.0. The number of hydrogen-bond donors (Lipinski definition) is 0. The first kappa shape index (κ1) is 13.5. The second-order valence-corrected chi connectivity index (χ2v) is 5.30. The first-order valence-electron chi connectivity index (χ1n) is 5.26. The summed E-state index contributed by atoms with van der Waals surface area (Å²) in [6.07, 6.45) is 1.89. The molecule has 92 valence electrons. The Morgan fingerprint density at radius 3 is 2.06 bits per heavy atom. The van der Waals surface area contributed by atoms with Crippen LogP contribution in [0.1, 0.15) is 15.9 Å². The number of hydrogen-bond acceptors (Lipinski definition) is 2. The average molecular weight is 297 g/mol.